The van der Waals surface area contributed by atoms with Crippen molar-refractivity contribution in [2.45, 2.75) is 6.42 Å². The van der Waals surface area contributed by atoms with Crippen LogP contribution in [0.5, 0.6) is 5.75 Å². The fraction of sp³-hybridized carbons (Fsp3) is 0.214. The first-order chi connectivity index (χ1) is 8.79. The molecule has 0 saturated heterocycles. The van der Waals surface area contributed by atoms with E-state index in [1.807, 2.05) is 18.2 Å². The summed E-state index contributed by atoms with van der Waals surface area (Å²) in [6, 6.07) is 10.1. The molecule has 18 heavy (non-hydrogen) atoms. The smallest absolute Gasteiger partial charge is 0.119 e. The van der Waals surface area contributed by atoms with Gasteiger partial charge in [-0.25, -0.2) is 0 Å². The molecule has 1 aromatic heterocycles. The number of ether oxygens (including phenoxy) is 1. The van der Waals surface area contributed by atoms with Gasteiger partial charge in [-0.15, -0.1) is 0 Å². The maximum Gasteiger partial charge on any atom is 0.119 e. The molecular weight excluding hydrogens is 292 g/mol. The Morgan fingerprint density at radius 1 is 1.33 bits per heavy atom. The van der Waals surface area contributed by atoms with Gasteiger partial charge in [-0.2, -0.15) is 0 Å². The van der Waals surface area contributed by atoms with Crippen LogP contribution in [0, 0.1) is 0 Å². The number of hydrogen-bond donors (Lipinski definition) is 1. The van der Waals surface area contributed by atoms with E-state index in [-0.39, 0.29) is 0 Å². The van der Waals surface area contributed by atoms with Gasteiger partial charge in [0.15, 0.2) is 0 Å². The van der Waals surface area contributed by atoms with Crippen molar-refractivity contribution in [2.75, 3.05) is 19.0 Å². The molecule has 94 valence electrons. The molecule has 3 nitrogen and oxygen atoms in total. The average molecular weight is 307 g/mol. The maximum atomic E-state index is 5.20. The first-order valence-electron chi connectivity index (χ1n) is 5.76. The Bertz CT molecular complexity index is 517. The van der Waals surface area contributed by atoms with E-state index in [0.29, 0.717) is 0 Å². The van der Waals surface area contributed by atoms with E-state index < -0.39 is 0 Å². The van der Waals surface area contributed by atoms with Crippen molar-refractivity contribution in [1.82, 2.24) is 4.98 Å². The zero-order chi connectivity index (χ0) is 12.8. The van der Waals surface area contributed by atoms with E-state index in [0.717, 1.165) is 28.9 Å². The van der Waals surface area contributed by atoms with Crippen molar-refractivity contribution < 1.29 is 4.74 Å². The van der Waals surface area contributed by atoms with Gasteiger partial charge in [-0.05, 0) is 46.1 Å². The highest BCUT2D eigenvalue weighted by molar-refractivity contribution is 9.10. The summed E-state index contributed by atoms with van der Waals surface area (Å²) in [5.74, 6) is 0.901. The molecule has 0 atom stereocenters. The number of halogens is 1. The second-order valence-corrected chi connectivity index (χ2v) is 4.74. The van der Waals surface area contributed by atoms with E-state index >= 15 is 0 Å². The summed E-state index contributed by atoms with van der Waals surface area (Å²) in [7, 11) is 1.69. The molecular formula is C14H15BrN2O. The molecule has 2 aromatic rings. The monoisotopic (exact) mass is 306 g/mol. The number of methoxy groups -OCH3 is 1. The third-order valence-corrected chi connectivity index (χ3v) is 3.27. The molecule has 0 spiro atoms. The van der Waals surface area contributed by atoms with Crippen molar-refractivity contribution >= 4 is 21.6 Å². The summed E-state index contributed by atoms with van der Waals surface area (Å²) in [5.41, 5.74) is 2.32. The molecule has 0 aliphatic carbocycles. The number of nitrogens with zero attached hydrogens (tertiary/aromatic N) is 1. The summed E-state index contributed by atoms with van der Waals surface area (Å²) in [6.45, 7) is 0.871. The van der Waals surface area contributed by atoms with Crippen LogP contribution in [-0.2, 0) is 6.42 Å². The van der Waals surface area contributed by atoms with Crippen LogP contribution in [-0.4, -0.2) is 18.6 Å². The quantitative estimate of drug-likeness (QED) is 0.918. The lowest BCUT2D eigenvalue weighted by Crippen LogP contribution is -2.05. The van der Waals surface area contributed by atoms with Gasteiger partial charge in [-0.3, -0.25) is 4.98 Å². The number of benzene rings is 1. The van der Waals surface area contributed by atoms with Crippen LogP contribution >= 0.6 is 15.9 Å². The fourth-order valence-electron chi connectivity index (χ4n) is 1.69. The van der Waals surface area contributed by atoms with Gasteiger partial charge in [0.2, 0.25) is 0 Å². The molecule has 0 radical (unpaired) electrons. The minimum atomic E-state index is 0.871. The van der Waals surface area contributed by atoms with Crippen molar-refractivity contribution in [3.05, 3.63) is 52.8 Å². The van der Waals surface area contributed by atoms with Crippen molar-refractivity contribution in [1.29, 1.82) is 0 Å². The number of rotatable bonds is 5. The lowest BCUT2D eigenvalue weighted by molar-refractivity contribution is 0.414. The van der Waals surface area contributed by atoms with Gasteiger partial charge in [0, 0.05) is 18.9 Å². The van der Waals surface area contributed by atoms with Crippen LogP contribution in [0.15, 0.2) is 47.2 Å². The van der Waals surface area contributed by atoms with Crippen LogP contribution in [0.1, 0.15) is 5.56 Å². The SMILES string of the molecule is COc1cccc(CCNc2ccncc2Br)c1. The molecule has 0 fully saturated rings. The fourth-order valence-corrected chi connectivity index (χ4v) is 2.08. The molecule has 1 N–H and O–H groups in total. The summed E-state index contributed by atoms with van der Waals surface area (Å²) in [5, 5.41) is 3.37. The minimum absolute atomic E-state index is 0.871. The van der Waals surface area contributed by atoms with Crippen molar-refractivity contribution in [2.24, 2.45) is 0 Å². The number of aromatic nitrogens is 1. The predicted octanol–water partition coefficient (Wildman–Crippen LogP) is 3.51. The molecule has 0 aliphatic rings. The standard InChI is InChI=1S/C14H15BrN2O/c1-18-12-4-2-3-11(9-12)5-8-17-14-6-7-16-10-13(14)15/h2-4,6-7,9-10H,5,8H2,1H3,(H,16,17). The van der Waals surface area contributed by atoms with Gasteiger partial charge >= 0.3 is 0 Å². The second kappa shape index (κ2) is 6.40. The molecule has 0 bridgehead atoms. The highest BCUT2D eigenvalue weighted by Gasteiger charge is 1.99. The van der Waals surface area contributed by atoms with E-state index in [9.17, 15) is 0 Å². The number of nitrogens with one attached hydrogen (secondary N) is 1. The van der Waals surface area contributed by atoms with Gasteiger partial charge in [0.05, 0.1) is 17.3 Å². The van der Waals surface area contributed by atoms with E-state index in [2.05, 4.69) is 38.4 Å². The van der Waals surface area contributed by atoms with Crippen LogP contribution < -0.4 is 10.1 Å². The Morgan fingerprint density at radius 2 is 2.22 bits per heavy atom. The normalized spacial score (nSPS) is 10.1. The van der Waals surface area contributed by atoms with Crippen LogP contribution in [0.3, 0.4) is 0 Å². The summed E-state index contributed by atoms with van der Waals surface area (Å²) >= 11 is 3.46. The van der Waals surface area contributed by atoms with E-state index in [1.165, 1.54) is 5.56 Å². The van der Waals surface area contributed by atoms with Crippen molar-refractivity contribution in [3.8, 4) is 5.75 Å². The molecule has 1 heterocycles. The average Bonchev–Trinajstić information content (AvgIpc) is 2.41. The molecule has 0 unspecified atom stereocenters. The van der Waals surface area contributed by atoms with E-state index in [1.54, 1.807) is 19.5 Å². The molecule has 0 saturated carbocycles. The Kier molecular flexibility index (Phi) is 4.59. The van der Waals surface area contributed by atoms with Gasteiger partial charge < -0.3 is 10.1 Å². The van der Waals surface area contributed by atoms with Gasteiger partial charge in [0.25, 0.3) is 0 Å². The first kappa shape index (κ1) is 12.9. The van der Waals surface area contributed by atoms with E-state index in [4.69, 9.17) is 4.74 Å². The molecule has 0 aliphatic heterocycles. The third kappa shape index (κ3) is 3.47. The Labute approximate surface area is 115 Å². The second-order valence-electron chi connectivity index (χ2n) is 3.88. The Hall–Kier alpha value is -1.55. The Morgan fingerprint density at radius 3 is 3.00 bits per heavy atom. The highest BCUT2D eigenvalue weighted by Crippen LogP contribution is 2.20. The largest absolute Gasteiger partial charge is 0.497 e. The zero-order valence-electron chi connectivity index (χ0n) is 10.2. The summed E-state index contributed by atoms with van der Waals surface area (Å²) in [6.07, 6.45) is 4.51. The van der Waals surface area contributed by atoms with Crippen LogP contribution in [0.4, 0.5) is 5.69 Å². The maximum absolute atomic E-state index is 5.20. The predicted molar refractivity (Wildman–Crippen MR) is 77.1 cm³/mol. The van der Waals surface area contributed by atoms with Gasteiger partial charge in [0.1, 0.15) is 5.75 Å². The van der Waals surface area contributed by atoms with Crippen LogP contribution in [0.2, 0.25) is 0 Å². The molecule has 1 aromatic carbocycles. The number of hydrogen-bond acceptors (Lipinski definition) is 3. The lowest BCUT2D eigenvalue weighted by Gasteiger charge is -2.08. The molecule has 0 amide bonds. The Balaban J connectivity index is 1.90. The summed E-state index contributed by atoms with van der Waals surface area (Å²) < 4.78 is 6.18. The van der Waals surface area contributed by atoms with Crippen LogP contribution in [0.25, 0.3) is 0 Å². The zero-order valence-corrected chi connectivity index (χ0v) is 11.8. The molecule has 2 rings (SSSR count). The first-order valence-corrected chi connectivity index (χ1v) is 6.55. The third-order valence-electron chi connectivity index (χ3n) is 2.64. The topological polar surface area (TPSA) is 34.1 Å². The lowest BCUT2D eigenvalue weighted by atomic mass is 10.1. The van der Waals surface area contributed by atoms with Crippen molar-refractivity contribution in [3.63, 3.8) is 0 Å². The van der Waals surface area contributed by atoms with Gasteiger partial charge in [-0.1, -0.05) is 12.1 Å². The minimum Gasteiger partial charge on any atom is -0.497 e. The highest BCUT2D eigenvalue weighted by atomic mass is 79.9. The summed E-state index contributed by atoms with van der Waals surface area (Å²) in [4.78, 5) is 4.03. The number of anilines is 1. The molecule has 4 heteroatoms. The number of pyridine rings is 1.